The van der Waals surface area contributed by atoms with Crippen LogP contribution in [0.3, 0.4) is 0 Å². The highest BCUT2D eigenvalue weighted by atomic mass is 32.2. The van der Waals surface area contributed by atoms with E-state index < -0.39 is 15.7 Å². The number of hydrogen-bond donors (Lipinski definition) is 4. The molecule has 2 aliphatic rings. The van der Waals surface area contributed by atoms with E-state index in [2.05, 4.69) is 25.9 Å². The average Bonchev–Trinajstić information content (AvgIpc) is 2.72. The van der Waals surface area contributed by atoms with Crippen molar-refractivity contribution in [2.75, 3.05) is 42.7 Å². The van der Waals surface area contributed by atoms with Crippen molar-refractivity contribution in [2.24, 2.45) is 11.7 Å². The molecule has 4 rings (SSSR count). The van der Waals surface area contributed by atoms with Crippen LogP contribution in [0.5, 0.6) is 0 Å². The summed E-state index contributed by atoms with van der Waals surface area (Å²) in [7, 11) is -3.32. The SMILES string of the molecule is CS(=O)(=O)c1ccc(Nc2nc(N3CCC[C@@H](NC(=O)C4CNC4)C3)cnc2C(N)=O)cc1. The number of aromatic nitrogens is 2. The summed E-state index contributed by atoms with van der Waals surface area (Å²) < 4.78 is 23.4. The number of carbonyl (C=O) groups is 2. The first-order valence-corrected chi connectivity index (χ1v) is 12.6. The summed E-state index contributed by atoms with van der Waals surface area (Å²) in [5.41, 5.74) is 5.99. The summed E-state index contributed by atoms with van der Waals surface area (Å²) in [6.45, 7) is 2.74. The Balaban J connectivity index is 1.51. The van der Waals surface area contributed by atoms with Crippen LogP contribution in [0.15, 0.2) is 35.4 Å². The third-order valence-corrected chi connectivity index (χ3v) is 6.91. The Hall–Kier alpha value is -3.25. The van der Waals surface area contributed by atoms with Gasteiger partial charge in [-0.1, -0.05) is 0 Å². The van der Waals surface area contributed by atoms with Crippen molar-refractivity contribution >= 4 is 39.0 Å². The zero-order valence-corrected chi connectivity index (χ0v) is 19.1. The van der Waals surface area contributed by atoms with Crippen molar-refractivity contribution in [3.05, 3.63) is 36.2 Å². The van der Waals surface area contributed by atoms with Crippen LogP contribution < -0.4 is 26.6 Å². The summed E-state index contributed by atoms with van der Waals surface area (Å²) in [5, 5.41) is 9.23. The molecule has 33 heavy (non-hydrogen) atoms. The normalized spacial score (nSPS) is 18.9. The molecule has 2 aliphatic heterocycles. The van der Waals surface area contributed by atoms with Gasteiger partial charge in [-0.15, -0.1) is 0 Å². The lowest BCUT2D eigenvalue weighted by atomic mass is 10.00. The van der Waals surface area contributed by atoms with Crippen LogP contribution >= 0.6 is 0 Å². The van der Waals surface area contributed by atoms with Crippen LogP contribution in [-0.2, 0) is 14.6 Å². The molecule has 2 aromatic rings. The van der Waals surface area contributed by atoms with Gasteiger partial charge in [0.05, 0.1) is 17.0 Å². The summed E-state index contributed by atoms with van der Waals surface area (Å²) in [4.78, 5) is 35.2. The Labute approximate surface area is 192 Å². The van der Waals surface area contributed by atoms with Crippen LogP contribution in [0.25, 0.3) is 0 Å². The maximum absolute atomic E-state index is 12.3. The second-order valence-corrected chi connectivity index (χ2v) is 10.4. The van der Waals surface area contributed by atoms with E-state index in [1.165, 1.54) is 18.3 Å². The maximum atomic E-state index is 12.3. The first-order chi connectivity index (χ1) is 15.7. The molecule has 2 amide bonds. The molecule has 11 nitrogen and oxygen atoms in total. The lowest BCUT2D eigenvalue weighted by molar-refractivity contribution is -0.127. The first kappa shape index (κ1) is 22.9. The van der Waals surface area contributed by atoms with E-state index >= 15 is 0 Å². The number of nitrogens with one attached hydrogen (secondary N) is 3. The number of sulfone groups is 1. The molecule has 2 fully saturated rings. The quantitative estimate of drug-likeness (QED) is 0.435. The minimum atomic E-state index is -3.32. The predicted molar refractivity (Wildman–Crippen MR) is 123 cm³/mol. The zero-order chi connectivity index (χ0) is 23.6. The van der Waals surface area contributed by atoms with Gasteiger partial charge in [0.1, 0.15) is 5.82 Å². The molecule has 2 saturated heterocycles. The van der Waals surface area contributed by atoms with E-state index in [1.807, 2.05) is 4.90 Å². The lowest BCUT2D eigenvalue weighted by Crippen LogP contribution is -2.55. The summed E-state index contributed by atoms with van der Waals surface area (Å²) in [5.74, 6) is 0.0936. The minimum absolute atomic E-state index is 0.00409. The number of amides is 2. The molecule has 5 N–H and O–H groups in total. The molecule has 0 bridgehead atoms. The van der Waals surface area contributed by atoms with Gasteiger partial charge in [0.25, 0.3) is 5.91 Å². The third kappa shape index (κ3) is 5.40. The number of anilines is 3. The molecule has 1 atom stereocenters. The van der Waals surface area contributed by atoms with Gasteiger partial charge in [0, 0.05) is 44.2 Å². The molecule has 0 unspecified atom stereocenters. The lowest BCUT2D eigenvalue weighted by Gasteiger charge is -2.35. The number of hydrogen-bond acceptors (Lipinski definition) is 9. The van der Waals surface area contributed by atoms with Gasteiger partial charge < -0.3 is 26.6 Å². The highest BCUT2D eigenvalue weighted by Crippen LogP contribution is 2.24. The van der Waals surface area contributed by atoms with Crippen LogP contribution in [-0.4, -0.2) is 68.7 Å². The molecular weight excluding hydrogens is 446 g/mol. The number of primary amides is 1. The van der Waals surface area contributed by atoms with Crippen LogP contribution in [0.4, 0.5) is 17.3 Å². The first-order valence-electron chi connectivity index (χ1n) is 10.7. The van der Waals surface area contributed by atoms with Gasteiger partial charge >= 0.3 is 0 Å². The molecule has 0 saturated carbocycles. The molecule has 176 valence electrons. The van der Waals surface area contributed by atoms with Gasteiger partial charge in [0.2, 0.25) is 5.91 Å². The van der Waals surface area contributed by atoms with Gasteiger partial charge in [-0.25, -0.2) is 18.4 Å². The number of rotatable bonds is 7. The molecule has 12 heteroatoms. The Kier molecular flexibility index (Phi) is 6.47. The van der Waals surface area contributed by atoms with Gasteiger partial charge in [-0.2, -0.15) is 0 Å². The van der Waals surface area contributed by atoms with Crippen molar-refractivity contribution in [2.45, 2.75) is 23.8 Å². The molecule has 1 aromatic carbocycles. The number of benzene rings is 1. The molecular formula is C21H27N7O4S. The van der Waals surface area contributed by atoms with E-state index in [0.29, 0.717) is 31.1 Å². The van der Waals surface area contributed by atoms with Crippen LogP contribution in [0, 0.1) is 5.92 Å². The molecule has 0 radical (unpaired) electrons. The zero-order valence-electron chi connectivity index (χ0n) is 18.2. The summed E-state index contributed by atoms with van der Waals surface area (Å²) >= 11 is 0. The standard InChI is InChI=1S/C21H27N7O4S/c1-33(31,32)16-6-4-14(5-7-16)25-20-18(19(22)29)24-11-17(27-20)28-8-2-3-15(12-28)26-21(30)13-9-23-10-13/h4-7,11,13,15,23H,2-3,8-10,12H2,1H3,(H2,22,29)(H,25,27)(H,26,30)/t15-/m1/s1. The molecule has 0 spiro atoms. The van der Waals surface area contributed by atoms with E-state index in [9.17, 15) is 18.0 Å². The number of carbonyl (C=O) groups excluding carboxylic acids is 2. The summed E-state index contributed by atoms with van der Waals surface area (Å²) in [6.07, 6.45) is 4.39. The fourth-order valence-electron chi connectivity index (χ4n) is 3.82. The molecule has 1 aromatic heterocycles. The van der Waals surface area contributed by atoms with E-state index in [1.54, 1.807) is 12.1 Å². The van der Waals surface area contributed by atoms with Crippen molar-refractivity contribution < 1.29 is 18.0 Å². The second-order valence-electron chi connectivity index (χ2n) is 8.36. The smallest absolute Gasteiger partial charge is 0.271 e. The minimum Gasteiger partial charge on any atom is -0.364 e. The van der Waals surface area contributed by atoms with Gasteiger partial charge in [0.15, 0.2) is 21.3 Å². The van der Waals surface area contributed by atoms with E-state index in [4.69, 9.17) is 5.73 Å². The second kappa shape index (κ2) is 9.32. The fourth-order valence-corrected chi connectivity index (χ4v) is 4.45. The van der Waals surface area contributed by atoms with Crippen LogP contribution in [0.1, 0.15) is 23.3 Å². The Morgan fingerprint density at radius 2 is 1.94 bits per heavy atom. The number of nitrogens with two attached hydrogens (primary N) is 1. The third-order valence-electron chi connectivity index (χ3n) is 5.78. The number of piperidine rings is 1. The van der Waals surface area contributed by atoms with Crippen molar-refractivity contribution in [1.82, 2.24) is 20.6 Å². The Morgan fingerprint density at radius 1 is 1.21 bits per heavy atom. The Morgan fingerprint density at radius 3 is 2.55 bits per heavy atom. The fraction of sp³-hybridized carbons (Fsp3) is 0.429. The predicted octanol–water partition coefficient (Wildman–Crippen LogP) is 0.0270. The Bertz CT molecular complexity index is 1150. The molecule has 0 aliphatic carbocycles. The van der Waals surface area contributed by atoms with Crippen molar-refractivity contribution in [1.29, 1.82) is 0 Å². The average molecular weight is 474 g/mol. The van der Waals surface area contributed by atoms with Gasteiger partial charge in [-0.05, 0) is 37.1 Å². The van der Waals surface area contributed by atoms with E-state index in [0.717, 1.165) is 25.6 Å². The monoisotopic (exact) mass is 473 g/mol. The van der Waals surface area contributed by atoms with Crippen molar-refractivity contribution in [3.63, 3.8) is 0 Å². The van der Waals surface area contributed by atoms with Gasteiger partial charge in [-0.3, -0.25) is 9.59 Å². The van der Waals surface area contributed by atoms with E-state index in [-0.39, 0.29) is 34.3 Å². The molecule has 3 heterocycles. The van der Waals surface area contributed by atoms with Crippen molar-refractivity contribution in [3.8, 4) is 0 Å². The maximum Gasteiger partial charge on any atom is 0.271 e. The highest BCUT2D eigenvalue weighted by molar-refractivity contribution is 7.90. The topological polar surface area (TPSA) is 159 Å². The van der Waals surface area contributed by atoms with Crippen LogP contribution in [0.2, 0.25) is 0 Å². The highest BCUT2D eigenvalue weighted by Gasteiger charge is 2.29. The largest absolute Gasteiger partial charge is 0.364 e. The number of nitrogens with zero attached hydrogens (tertiary/aromatic N) is 3. The summed E-state index contributed by atoms with van der Waals surface area (Å²) in [6, 6.07) is 6.10.